The van der Waals surface area contributed by atoms with E-state index in [0.717, 1.165) is 12.1 Å². The summed E-state index contributed by atoms with van der Waals surface area (Å²) in [6, 6.07) is 9.51. The Morgan fingerprint density at radius 3 is 2.19 bits per heavy atom. The summed E-state index contributed by atoms with van der Waals surface area (Å²) >= 11 is 0. The SMILES string of the molecule is N#Cc1ccc(N(CCS(=O)c2ccc(CC(N)=O)cc2)CC(F)(F)F)cc1C(F)(F)F. The Kier molecular flexibility index (Phi) is 7.90. The highest BCUT2D eigenvalue weighted by molar-refractivity contribution is 7.85. The van der Waals surface area contributed by atoms with Gasteiger partial charge < -0.3 is 10.6 Å². The number of rotatable bonds is 8. The molecule has 0 heterocycles. The fraction of sp³-hybridized carbons (Fsp3) is 0.300. The molecule has 1 amide bonds. The largest absolute Gasteiger partial charge is 0.417 e. The van der Waals surface area contributed by atoms with E-state index in [2.05, 4.69) is 0 Å². The minimum atomic E-state index is -4.93. The van der Waals surface area contributed by atoms with Crippen LogP contribution in [0.4, 0.5) is 32.0 Å². The van der Waals surface area contributed by atoms with Gasteiger partial charge in [-0.1, -0.05) is 12.1 Å². The van der Waals surface area contributed by atoms with Gasteiger partial charge in [0.2, 0.25) is 5.91 Å². The number of nitriles is 1. The van der Waals surface area contributed by atoms with Crippen molar-refractivity contribution >= 4 is 22.4 Å². The van der Waals surface area contributed by atoms with Crippen molar-refractivity contribution < 1.29 is 35.3 Å². The topological polar surface area (TPSA) is 87.2 Å². The van der Waals surface area contributed by atoms with Crippen molar-refractivity contribution in [2.75, 3.05) is 23.7 Å². The molecule has 0 fully saturated rings. The van der Waals surface area contributed by atoms with Gasteiger partial charge in [-0.2, -0.15) is 31.6 Å². The van der Waals surface area contributed by atoms with Gasteiger partial charge in [0, 0.05) is 22.9 Å². The van der Waals surface area contributed by atoms with Crippen LogP contribution in [0, 0.1) is 11.3 Å². The Morgan fingerprint density at radius 2 is 1.69 bits per heavy atom. The predicted octanol–water partition coefficient (Wildman–Crippen LogP) is 3.78. The third-order valence-electron chi connectivity index (χ3n) is 4.28. The van der Waals surface area contributed by atoms with Crippen LogP contribution in [0.5, 0.6) is 0 Å². The zero-order chi connectivity index (χ0) is 24.1. The Hall–Kier alpha value is -3.07. The molecule has 172 valence electrons. The van der Waals surface area contributed by atoms with E-state index in [1.54, 1.807) is 0 Å². The number of primary amides is 1. The van der Waals surface area contributed by atoms with Crippen molar-refractivity contribution in [2.24, 2.45) is 5.73 Å². The van der Waals surface area contributed by atoms with Crippen LogP contribution >= 0.6 is 0 Å². The molecule has 5 nitrogen and oxygen atoms in total. The van der Waals surface area contributed by atoms with Crippen molar-refractivity contribution in [1.82, 2.24) is 0 Å². The van der Waals surface area contributed by atoms with Crippen molar-refractivity contribution in [2.45, 2.75) is 23.7 Å². The number of amides is 1. The first kappa shape index (κ1) is 25.2. The highest BCUT2D eigenvalue weighted by Crippen LogP contribution is 2.35. The smallest absolute Gasteiger partial charge is 0.369 e. The van der Waals surface area contributed by atoms with E-state index in [4.69, 9.17) is 11.0 Å². The summed E-state index contributed by atoms with van der Waals surface area (Å²) in [6.45, 7) is -2.02. The normalized spacial score (nSPS) is 12.8. The highest BCUT2D eigenvalue weighted by Gasteiger charge is 2.36. The molecule has 0 bridgehead atoms. The van der Waals surface area contributed by atoms with E-state index < -0.39 is 59.0 Å². The van der Waals surface area contributed by atoms with E-state index >= 15 is 0 Å². The molecular weight excluding hydrogens is 460 g/mol. The molecule has 0 aliphatic rings. The summed E-state index contributed by atoms with van der Waals surface area (Å²) in [5, 5.41) is 8.86. The maximum atomic E-state index is 13.2. The second kappa shape index (κ2) is 10.0. The minimum Gasteiger partial charge on any atom is -0.369 e. The van der Waals surface area contributed by atoms with Gasteiger partial charge in [0.25, 0.3) is 0 Å². The summed E-state index contributed by atoms with van der Waals surface area (Å²) < 4.78 is 91.2. The quantitative estimate of drug-likeness (QED) is 0.587. The predicted molar refractivity (Wildman–Crippen MR) is 105 cm³/mol. The number of nitrogens with two attached hydrogens (primary N) is 1. The van der Waals surface area contributed by atoms with Crippen molar-refractivity contribution in [1.29, 1.82) is 5.26 Å². The molecule has 1 atom stereocenters. The second-order valence-corrected chi connectivity index (χ2v) is 8.28. The van der Waals surface area contributed by atoms with Gasteiger partial charge in [0.1, 0.15) is 6.54 Å². The number of carbonyl (C=O) groups excluding carboxylic acids is 1. The van der Waals surface area contributed by atoms with Crippen LogP contribution in [-0.4, -0.2) is 35.1 Å². The molecule has 0 aliphatic heterocycles. The minimum absolute atomic E-state index is 0.0352. The Bertz CT molecular complexity index is 1030. The number of benzene rings is 2. The number of halogens is 6. The number of hydrogen-bond acceptors (Lipinski definition) is 4. The molecule has 2 aromatic rings. The van der Waals surface area contributed by atoms with Gasteiger partial charge in [0.15, 0.2) is 0 Å². The zero-order valence-corrected chi connectivity index (χ0v) is 17.2. The lowest BCUT2D eigenvalue weighted by Gasteiger charge is -2.26. The van der Waals surface area contributed by atoms with Crippen LogP contribution in [0.3, 0.4) is 0 Å². The molecule has 0 saturated carbocycles. The summed E-state index contributed by atoms with van der Waals surface area (Å²) in [6.07, 6.45) is -9.70. The first-order valence-electron chi connectivity index (χ1n) is 8.99. The zero-order valence-electron chi connectivity index (χ0n) is 16.3. The maximum absolute atomic E-state index is 13.2. The molecule has 2 N–H and O–H groups in total. The van der Waals surface area contributed by atoms with Crippen LogP contribution in [0.1, 0.15) is 16.7 Å². The maximum Gasteiger partial charge on any atom is 0.417 e. The number of anilines is 1. The first-order chi connectivity index (χ1) is 14.8. The van der Waals surface area contributed by atoms with Gasteiger partial charge in [-0.15, -0.1) is 0 Å². The summed E-state index contributed by atoms with van der Waals surface area (Å²) in [7, 11) is -1.76. The molecule has 0 saturated heterocycles. The molecule has 0 spiro atoms. The standard InChI is InChI=1S/C20H17F6N3O2S/c21-19(22,23)12-29(15-4-3-14(11-27)17(10-15)20(24,25)26)7-8-32(31)16-5-1-13(2-6-16)9-18(28)30/h1-6,10H,7-9,12H2,(H2,28,30). The molecule has 1 unspecified atom stereocenters. The molecule has 2 aromatic carbocycles. The van der Waals surface area contributed by atoms with E-state index in [9.17, 15) is 35.3 Å². The third-order valence-corrected chi connectivity index (χ3v) is 5.63. The van der Waals surface area contributed by atoms with Crippen LogP contribution in [0.2, 0.25) is 0 Å². The van der Waals surface area contributed by atoms with Crippen LogP contribution in [0.25, 0.3) is 0 Å². The molecule has 32 heavy (non-hydrogen) atoms. The Labute approximate surface area is 181 Å². The molecule has 0 aromatic heterocycles. The number of nitrogens with zero attached hydrogens (tertiary/aromatic N) is 2. The summed E-state index contributed by atoms with van der Waals surface area (Å²) in [5.74, 6) is -0.866. The van der Waals surface area contributed by atoms with Gasteiger partial charge in [-0.3, -0.25) is 9.00 Å². The highest BCUT2D eigenvalue weighted by atomic mass is 32.2. The fourth-order valence-corrected chi connectivity index (χ4v) is 3.91. The molecule has 2 rings (SSSR count). The van der Waals surface area contributed by atoms with E-state index in [-0.39, 0.29) is 17.1 Å². The second-order valence-electron chi connectivity index (χ2n) is 6.71. The molecular formula is C20H17F6N3O2S. The number of alkyl halides is 6. The fourth-order valence-electron chi connectivity index (χ4n) is 2.85. The lowest BCUT2D eigenvalue weighted by Crippen LogP contribution is -2.37. The van der Waals surface area contributed by atoms with Crippen LogP contribution in [0.15, 0.2) is 47.4 Å². The van der Waals surface area contributed by atoms with E-state index in [1.807, 2.05) is 0 Å². The Balaban J connectivity index is 2.24. The molecule has 12 heteroatoms. The Morgan fingerprint density at radius 1 is 1.06 bits per heavy atom. The van der Waals surface area contributed by atoms with Gasteiger partial charge in [-0.25, -0.2) is 0 Å². The van der Waals surface area contributed by atoms with Crippen molar-refractivity contribution in [3.63, 3.8) is 0 Å². The third kappa shape index (κ3) is 7.26. The van der Waals surface area contributed by atoms with Gasteiger partial charge in [0.05, 0.1) is 34.4 Å². The average Bonchev–Trinajstić information content (AvgIpc) is 2.69. The molecule has 0 radical (unpaired) electrons. The lowest BCUT2D eigenvalue weighted by atomic mass is 10.1. The van der Waals surface area contributed by atoms with E-state index in [1.165, 1.54) is 30.3 Å². The molecule has 0 aliphatic carbocycles. The monoisotopic (exact) mass is 477 g/mol. The number of hydrogen-bond donors (Lipinski definition) is 1. The number of carbonyl (C=O) groups is 1. The lowest BCUT2D eigenvalue weighted by molar-refractivity contribution is -0.137. The summed E-state index contributed by atoms with van der Waals surface area (Å²) in [5.41, 5.74) is 3.18. The summed E-state index contributed by atoms with van der Waals surface area (Å²) in [4.78, 5) is 11.8. The van der Waals surface area contributed by atoms with E-state index in [0.29, 0.717) is 16.5 Å². The van der Waals surface area contributed by atoms with Crippen molar-refractivity contribution in [3.8, 4) is 6.07 Å². The van der Waals surface area contributed by atoms with Crippen LogP contribution < -0.4 is 10.6 Å². The van der Waals surface area contributed by atoms with Crippen LogP contribution in [-0.2, 0) is 28.2 Å². The van der Waals surface area contributed by atoms with Crippen molar-refractivity contribution in [3.05, 3.63) is 59.2 Å². The van der Waals surface area contributed by atoms with Gasteiger partial charge >= 0.3 is 12.4 Å². The van der Waals surface area contributed by atoms with Gasteiger partial charge in [-0.05, 0) is 35.9 Å². The first-order valence-corrected chi connectivity index (χ1v) is 10.3. The average molecular weight is 477 g/mol.